The lowest BCUT2D eigenvalue weighted by atomic mass is 10.4. The quantitative estimate of drug-likeness (QED) is 0.740. The Morgan fingerprint density at radius 2 is 2.46 bits per heavy atom. The average Bonchev–Trinajstić information content (AvgIpc) is 2.65. The lowest BCUT2D eigenvalue weighted by Gasteiger charge is -2.16. The van der Waals surface area contributed by atoms with Crippen LogP contribution in [-0.2, 0) is 9.90 Å². The number of aromatic amines is 1. The van der Waals surface area contributed by atoms with Gasteiger partial charge in [0.15, 0.2) is 6.61 Å². The molecule has 0 bridgehead atoms. The van der Waals surface area contributed by atoms with E-state index in [9.17, 15) is 9.90 Å². The molecule has 0 aromatic carbocycles. The third-order valence-electron chi connectivity index (χ3n) is 1.61. The number of rotatable bonds is 4. The van der Waals surface area contributed by atoms with Gasteiger partial charge in [-0.1, -0.05) is 6.92 Å². The lowest BCUT2D eigenvalue weighted by molar-refractivity contribution is -0.123. The molecule has 0 aliphatic carbocycles. The van der Waals surface area contributed by atoms with E-state index >= 15 is 0 Å². The number of aromatic nitrogens is 2. The van der Waals surface area contributed by atoms with Gasteiger partial charge in [0.25, 0.3) is 5.91 Å². The molecule has 0 saturated carbocycles. The van der Waals surface area contributed by atoms with Crippen LogP contribution in [0.4, 0.5) is 5.95 Å². The maximum absolute atomic E-state index is 11.2. The Morgan fingerprint density at radius 1 is 1.69 bits per heavy atom. The van der Waals surface area contributed by atoms with Gasteiger partial charge in [0, 0.05) is 18.9 Å². The molecule has 0 atom stereocenters. The van der Waals surface area contributed by atoms with Gasteiger partial charge < -0.3 is 4.98 Å². The second-order valence-corrected chi connectivity index (χ2v) is 2.60. The highest BCUT2D eigenvalue weighted by Crippen LogP contribution is 2.06. The van der Waals surface area contributed by atoms with Crippen LogP contribution in [0.15, 0.2) is 12.4 Å². The third kappa shape index (κ3) is 2.29. The minimum atomic E-state index is -0.735. The first-order valence-corrected chi connectivity index (χ1v) is 4.17. The zero-order chi connectivity index (χ0) is 9.68. The van der Waals surface area contributed by atoms with Crippen molar-refractivity contribution in [1.29, 1.82) is 0 Å². The van der Waals surface area contributed by atoms with Crippen molar-refractivity contribution < 1.29 is 9.90 Å². The highest BCUT2D eigenvalue weighted by atomic mass is 16.3. The van der Waals surface area contributed by atoms with Gasteiger partial charge in [-0.2, -0.15) is 0 Å². The number of carbonyl (C=O) groups excluding carboxylic acids is 1. The number of anilines is 1. The summed E-state index contributed by atoms with van der Waals surface area (Å²) in [5.41, 5.74) is 0. The molecule has 0 fully saturated rings. The van der Waals surface area contributed by atoms with Crippen LogP contribution in [0.3, 0.4) is 0 Å². The number of carbonyl (C=O) groups is 1. The molecule has 71 valence electrons. The number of H-pyrrole nitrogens is 1. The molecule has 1 heterocycles. The summed E-state index contributed by atoms with van der Waals surface area (Å²) in [6.07, 6.45) is 3.97. The van der Waals surface area contributed by atoms with E-state index in [1.807, 2.05) is 6.92 Å². The first-order chi connectivity index (χ1) is 6.29. The lowest BCUT2D eigenvalue weighted by Crippen LogP contribution is -2.34. The van der Waals surface area contributed by atoms with E-state index in [1.54, 1.807) is 12.4 Å². The van der Waals surface area contributed by atoms with Gasteiger partial charge in [0.05, 0.1) is 0 Å². The van der Waals surface area contributed by atoms with Crippen LogP contribution in [-0.4, -0.2) is 29.0 Å². The van der Waals surface area contributed by atoms with Crippen molar-refractivity contribution in [3.63, 3.8) is 0 Å². The second-order valence-electron chi connectivity index (χ2n) is 2.60. The number of amides is 1. The van der Waals surface area contributed by atoms with E-state index in [0.717, 1.165) is 6.42 Å². The zero-order valence-corrected chi connectivity index (χ0v) is 7.49. The van der Waals surface area contributed by atoms with E-state index in [-0.39, 0.29) is 0 Å². The molecule has 0 saturated heterocycles. The van der Waals surface area contributed by atoms with Crippen LogP contribution < -0.4 is 4.90 Å². The summed E-state index contributed by atoms with van der Waals surface area (Å²) >= 11 is 0. The van der Waals surface area contributed by atoms with Crippen LogP contribution in [0, 0.1) is 0 Å². The number of nitrogens with one attached hydrogen (secondary N) is 1. The van der Waals surface area contributed by atoms with Crippen LogP contribution >= 0.6 is 0 Å². The first-order valence-electron chi connectivity index (χ1n) is 4.17. The average molecular weight is 182 g/mol. The van der Waals surface area contributed by atoms with E-state index in [2.05, 4.69) is 9.97 Å². The fraction of sp³-hybridized carbons (Fsp3) is 0.500. The molecule has 1 aromatic rings. The Bertz CT molecular complexity index is 258. The van der Waals surface area contributed by atoms with E-state index in [1.165, 1.54) is 4.90 Å². The molecule has 1 aromatic heterocycles. The predicted octanol–water partition coefficient (Wildman–Crippen LogP) is 0.583. The minimum Gasteiger partial charge on any atom is -0.331 e. The molecule has 5 heteroatoms. The summed E-state index contributed by atoms with van der Waals surface area (Å²) in [5, 5.41) is 10.4. The van der Waals surface area contributed by atoms with E-state index in [0.29, 0.717) is 12.5 Å². The second kappa shape index (κ2) is 4.61. The number of hydrogen-bond acceptors (Lipinski definition) is 2. The van der Waals surface area contributed by atoms with E-state index < -0.39 is 12.5 Å². The normalized spacial score (nSPS) is 10.0. The van der Waals surface area contributed by atoms with Gasteiger partial charge in [0.1, 0.15) is 0 Å². The first kappa shape index (κ1) is 9.73. The number of hydrogen-bond donors (Lipinski definition) is 1. The smallest absolute Gasteiger partial charge is 0.258 e. The Labute approximate surface area is 76.4 Å². The summed E-state index contributed by atoms with van der Waals surface area (Å²) in [6, 6.07) is 0. The van der Waals surface area contributed by atoms with Gasteiger partial charge in [-0.25, -0.2) is 10.1 Å². The fourth-order valence-corrected chi connectivity index (χ4v) is 1.05. The zero-order valence-electron chi connectivity index (χ0n) is 7.49. The Hall–Kier alpha value is -1.36. The van der Waals surface area contributed by atoms with Crippen molar-refractivity contribution >= 4 is 11.9 Å². The van der Waals surface area contributed by atoms with Crippen molar-refractivity contribution in [2.75, 3.05) is 18.1 Å². The third-order valence-corrected chi connectivity index (χ3v) is 1.61. The summed E-state index contributed by atoms with van der Waals surface area (Å²) in [5.74, 6) is -0.000463. The molecule has 1 amide bonds. The number of imidazole rings is 1. The molecule has 1 N–H and O–H groups in total. The van der Waals surface area contributed by atoms with Gasteiger partial charge in [0.2, 0.25) is 5.95 Å². The topological polar surface area (TPSA) is 68.9 Å². The van der Waals surface area contributed by atoms with Crippen molar-refractivity contribution in [3.8, 4) is 0 Å². The van der Waals surface area contributed by atoms with Gasteiger partial charge in [-0.05, 0) is 6.42 Å². The summed E-state index contributed by atoms with van der Waals surface area (Å²) in [6.45, 7) is 1.73. The summed E-state index contributed by atoms with van der Waals surface area (Å²) < 4.78 is 0. The highest BCUT2D eigenvalue weighted by molar-refractivity contribution is 5.92. The SMILES string of the molecule is CCCN(C(=O)C[O])c1ncc[nH]1. The van der Waals surface area contributed by atoms with Gasteiger partial charge in [-0.3, -0.25) is 9.69 Å². The van der Waals surface area contributed by atoms with Crippen LogP contribution in [0.5, 0.6) is 0 Å². The molecule has 0 spiro atoms. The molecule has 5 nitrogen and oxygen atoms in total. The Balaban J connectivity index is 2.74. The van der Waals surface area contributed by atoms with Crippen molar-refractivity contribution in [2.45, 2.75) is 13.3 Å². The van der Waals surface area contributed by atoms with Crippen LogP contribution in [0.2, 0.25) is 0 Å². The van der Waals surface area contributed by atoms with Gasteiger partial charge in [-0.15, -0.1) is 0 Å². The molecule has 0 aliphatic rings. The highest BCUT2D eigenvalue weighted by Gasteiger charge is 2.15. The van der Waals surface area contributed by atoms with Crippen molar-refractivity contribution in [3.05, 3.63) is 12.4 Å². The molecule has 0 aliphatic heterocycles. The molecule has 1 radical (unpaired) electrons. The van der Waals surface area contributed by atoms with E-state index in [4.69, 9.17) is 0 Å². The van der Waals surface area contributed by atoms with Gasteiger partial charge >= 0.3 is 0 Å². The van der Waals surface area contributed by atoms with Crippen LogP contribution in [0.1, 0.15) is 13.3 Å². The largest absolute Gasteiger partial charge is 0.331 e. The molecule has 13 heavy (non-hydrogen) atoms. The Kier molecular flexibility index (Phi) is 3.45. The van der Waals surface area contributed by atoms with Crippen molar-refractivity contribution in [1.82, 2.24) is 9.97 Å². The maximum atomic E-state index is 11.2. The minimum absolute atomic E-state index is 0.447. The van der Waals surface area contributed by atoms with Crippen LogP contribution in [0.25, 0.3) is 0 Å². The molecule has 1 rings (SSSR count). The maximum Gasteiger partial charge on any atom is 0.258 e. The molecule has 0 unspecified atom stereocenters. The monoisotopic (exact) mass is 182 g/mol. The standard InChI is InChI=1S/C8H12N3O2/c1-2-5-11(7(13)6-12)8-9-3-4-10-8/h3-4H,2,5-6H2,1H3,(H,9,10). The summed E-state index contributed by atoms with van der Waals surface area (Å²) in [7, 11) is 0. The fourth-order valence-electron chi connectivity index (χ4n) is 1.05. The van der Waals surface area contributed by atoms with Crippen molar-refractivity contribution in [2.24, 2.45) is 0 Å². The summed E-state index contributed by atoms with van der Waals surface area (Å²) in [4.78, 5) is 19.2. The molecular weight excluding hydrogens is 170 g/mol. The molecular formula is C8H12N3O2. The Morgan fingerprint density at radius 3 is 2.92 bits per heavy atom. The number of nitrogens with zero attached hydrogens (tertiary/aromatic N) is 2. The predicted molar refractivity (Wildman–Crippen MR) is 46.8 cm³/mol.